The van der Waals surface area contributed by atoms with Gasteiger partial charge in [0.25, 0.3) is 5.56 Å². The van der Waals surface area contributed by atoms with Crippen molar-refractivity contribution in [2.24, 2.45) is 12.5 Å². The number of hydrogen-bond donors (Lipinski definition) is 1. The Morgan fingerprint density at radius 1 is 1.32 bits per heavy atom. The van der Waals surface area contributed by atoms with E-state index in [9.17, 15) is 14.7 Å². The van der Waals surface area contributed by atoms with Gasteiger partial charge >= 0.3 is 5.97 Å². The number of allylic oxidation sites excluding steroid dienone is 2. The third kappa shape index (κ3) is 5.18. The SMILES string of the molecule is Cc1sc(-c2ccn(C)c(=O)c2)c(C2=CCC(C)(C)CC2)c1C(OC(C)(C)C)C(=O)O. The molecule has 1 atom stereocenters. The summed E-state index contributed by atoms with van der Waals surface area (Å²) in [4.78, 5) is 26.5. The van der Waals surface area contributed by atoms with E-state index in [1.165, 1.54) is 4.57 Å². The summed E-state index contributed by atoms with van der Waals surface area (Å²) in [6.07, 6.45) is 5.77. The molecule has 6 heteroatoms. The number of ether oxygens (including phenoxy) is 1. The molecule has 0 radical (unpaired) electrons. The Hall–Kier alpha value is -2.18. The highest BCUT2D eigenvalue weighted by Gasteiger charge is 2.35. The molecule has 0 amide bonds. The van der Waals surface area contributed by atoms with Crippen LogP contribution in [0.15, 0.2) is 29.2 Å². The lowest BCUT2D eigenvalue weighted by Gasteiger charge is -2.30. The van der Waals surface area contributed by atoms with E-state index in [4.69, 9.17) is 4.74 Å². The van der Waals surface area contributed by atoms with Gasteiger partial charge in [0.1, 0.15) is 0 Å². The van der Waals surface area contributed by atoms with Gasteiger partial charge < -0.3 is 14.4 Å². The Morgan fingerprint density at radius 2 is 2.00 bits per heavy atom. The summed E-state index contributed by atoms with van der Waals surface area (Å²) in [5, 5.41) is 10.1. The molecule has 168 valence electrons. The highest BCUT2D eigenvalue weighted by molar-refractivity contribution is 7.16. The predicted molar refractivity (Wildman–Crippen MR) is 127 cm³/mol. The predicted octanol–water partition coefficient (Wildman–Crippen LogP) is 5.96. The second kappa shape index (κ2) is 8.40. The molecule has 1 aliphatic carbocycles. The molecule has 0 spiro atoms. The van der Waals surface area contributed by atoms with Gasteiger partial charge in [-0.2, -0.15) is 0 Å². The number of thiophene rings is 1. The highest BCUT2D eigenvalue weighted by Crippen LogP contribution is 2.48. The van der Waals surface area contributed by atoms with Gasteiger partial charge in [-0.1, -0.05) is 19.9 Å². The van der Waals surface area contributed by atoms with Crippen molar-refractivity contribution in [3.8, 4) is 10.4 Å². The number of nitrogens with zero attached hydrogens (tertiary/aromatic N) is 1. The van der Waals surface area contributed by atoms with Gasteiger partial charge in [0, 0.05) is 40.2 Å². The molecule has 2 aromatic heterocycles. The maximum Gasteiger partial charge on any atom is 0.337 e. The highest BCUT2D eigenvalue weighted by atomic mass is 32.1. The quantitative estimate of drug-likeness (QED) is 0.619. The minimum atomic E-state index is -1.07. The maximum atomic E-state index is 12.3. The van der Waals surface area contributed by atoms with Crippen LogP contribution < -0.4 is 5.56 Å². The number of carboxylic acid groups (broad SMARTS) is 1. The molecule has 0 saturated heterocycles. The van der Waals surface area contributed by atoms with E-state index in [0.717, 1.165) is 45.7 Å². The molecule has 1 unspecified atom stereocenters. The number of pyridine rings is 1. The van der Waals surface area contributed by atoms with Crippen LogP contribution >= 0.6 is 11.3 Å². The lowest BCUT2D eigenvalue weighted by atomic mass is 9.76. The van der Waals surface area contributed by atoms with Gasteiger partial charge in [0.05, 0.1) is 5.60 Å². The molecule has 0 bridgehead atoms. The Labute approximate surface area is 188 Å². The Kier molecular flexibility index (Phi) is 6.36. The van der Waals surface area contributed by atoms with E-state index >= 15 is 0 Å². The molecule has 2 aromatic rings. The molecule has 5 nitrogen and oxygen atoms in total. The van der Waals surface area contributed by atoms with E-state index < -0.39 is 17.7 Å². The first-order valence-corrected chi connectivity index (χ1v) is 11.5. The van der Waals surface area contributed by atoms with Crippen molar-refractivity contribution < 1.29 is 14.6 Å². The Balaban J connectivity index is 2.27. The van der Waals surface area contributed by atoms with Crippen LogP contribution in [-0.4, -0.2) is 21.2 Å². The lowest BCUT2D eigenvalue weighted by Crippen LogP contribution is -2.28. The summed E-state index contributed by atoms with van der Waals surface area (Å²) < 4.78 is 7.58. The number of rotatable bonds is 5. The average molecular weight is 444 g/mol. The van der Waals surface area contributed by atoms with Gasteiger partial charge in [0.15, 0.2) is 6.10 Å². The molecule has 1 N–H and O–H groups in total. The van der Waals surface area contributed by atoms with E-state index in [1.54, 1.807) is 30.6 Å². The van der Waals surface area contributed by atoms with Gasteiger partial charge in [-0.05, 0) is 69.6 Å². The van der Waals surface area contributed by atoms with E-state index in [-0.39, 0.29) is 11.0 Å². The zero-order valence-electron chi connectivity index (χ0n) is 19.5. The first kappa shape index (κ1) is 23.5. The second-order valence-electron chi connectivity index (χ2n) is 10.2. The first-order valence-electron chi connectivity index (χ1n) is 10.7. The van der Waals surface area contributed by atoms with Crippen molar-refractivity contribution in [1.82, 2.24) is 4.57 Å². The molecular formula is C25H33NO4S. The molecule has 1 aliphatic rings. The van der Waals surface area contributed by atoms with Crippen molar-refractivity contribution >= 4 is 22.9 Å². The van der Waals surface area contributed by atoms with Crippen LogP contribution in [0.5, 0.6) is 0 Å². The third-order valence-electron chi connectivity index (χ3n) is 5.75. The first-order chi connectivity index (χ1) is 14.3. The average Bonchev–Trinajstić information content (AvgIpc) is 2.98. The van der Waals surface area contributed by atoms with Crippen LogP contribution in [0.2, 0.25) is 0 Å². The zero-order chi connectivity index (χ0) is 23.1. The lowest BCUT2D eigenvalue weighted by molar-refractivity contribution is -0.160. The fourth-order valence-electron chi connectivity index (χ4n) is 3.98. The largest absolute Gasteiger partial charge is 0.479 e. The molecule has 31 heavy (non-hydrogen) atoms. The number of aromatic nitrogens is 1. The number of carbonyl (C=O) groups is 1. The van der Waals surface area contributed by atoms with E-state index in [2.05, 4.69) is 19.9 Å². The van der Waals surface area contributed by atoms with Crippen molar-refractivity contribution in [2.45, 2.75) is 72.5 Å². The van der Waals surface area contributed by atoms with Gasteiger partial charge in [-0.3, -0.25) is 4.79 Å². The molecule has 0 fully saturated rings. The number of hydrogen-bond acceptors (Lipinski definition) is 4. The molecular weight excluding hydrogens is 410 g/mol. The van der Waals surface area contributed by atoms with Crippen LogP contribution in [-0.2, 0) is 16.6 Å². The summed E-state index contributed by atoms with van der Waals surface area (Å²) in [7, 11) is 1.72. The van der Waals surface area contributed by atoms with Crippen LogP contribution in [0.3, 0.4) is 0 Å². The monoisotopic (exact) mass is 443 g/mol. The van der Waals surface area contributed by atoms with Crippen LogP contribution in [0.1, 0.15) is 76.0 Å². The normalized spacial score (nSPS) is 17.3. The molecule has 0 aliphatic heterocycles. The van der Waals surface area contributed by atoms with E-state index in [0.29, 0.717) is 5.56 Å². The standard InChI is InChI=1S/C25H33NO4S/c1-15-19(21(23(28)29)30-24(2,3)4)20(16-8-11-25(5,6)12-9-16)22(31-15)17-10-13-26(7)18(27)14-17/h8,10,13-14,21H,9,11-12H2,1-7H3,(H,28,29). The fourth-order valence-corrected chi connectivity index (χ4v) is 5.19. The minimum Gasteiger partial charge on any atom is -0.479 e. The van der Waals surface area contributed by atoms with Crippen LogP contribution in [0.25, 0.3) is 16.0 Å². The summed E-state index contributed by atoms with van der Waals surface area (Å²) in [5.74, 6) is -0.996. The van der Waals surface area contributed by atoms with Crippen molar-refractivity contribution in [3.05, 3.63) is 50.8 Å². The molecule has 3 rings (SSSR count). The third-order valence-corrected chi connectivity index (χ3v) is 6.92. The van der Waals surface area contributed by atoms with Crippen LogP contribution in [0.4, 0.5) is 0 Å². The zero-order valence-corrected chi connectivity index (χ0v) is 20.4. The Morgan fingerprint density at radius 3 is 2.52 bits per heavy atom. The number of carboxylic acids is 1. The number of aryl methyl sites for hydroxylation is 2. The fraction of sp³-hybridized carbons (Fsp3) is 0.520. The molecule has 0 aromatic carbocycles. The van der Waals surface area contributed by atoms with Crippen molar-refractivity contribution in [2.75, 3.05) is 0 Å². The topological polar surface area (TPSA) is 68.5 Å². The smallest absolute Gasteiger partial charge is 0.337 e. The Bertz CT molecular complexity index is 1080. The van der Waals surface area contributed by atoms with Gasteiger partial charge in [-0.25, -0.2) is 4.79 Å². The minimum absolute atomic E-state index is 0.0875. The van der Waals surface area contributed by atoms with Gasteiger partial charge in [-0.15, -0.1) is 11.3 Å². The van der Waals surface area contributed by atoms with Crippen molar-refractivity contribution in [1.29, 1.82) is 0 Å². The summed E-state index contributed by atoms with van der Waals surface area (Å²) in [6.45, 7) is 12.1. The summed E-state index contributed by atoms with van der Waals surface area (Å²) in [6, 6.07) is 3.56. The molecule has 2 heterocycles. The maximum absolute atomic E-state index is 12.3. The van der Waals surface area contributed by atoms with E-state index in [1.807, 2.05) is 33.8 Å². The summed E-state index contributed by atoms with van der Waals surface area (Å²) in [5.41, 5.74) is 3.15. The number of aliphatic carboxylic acids is 1. The van der Waals surface area contributed by atoms with Crippen molar-refractivity contribution in [3.63, 3.8) is 0 Å². The second-order valence-corrected chi connectivity index (χ2v) is 11.4. The summed E-state index contributed by atoms with van der Waals surface area (Å²) >= 11 is 1.54. The van der Waals surface area contributed by atoms with Crippen LogP contribution in [0, 0.1) is 12.3 Å². The molecule has 0 saturated carbocycles. The van der Waals surface area contributed by atoms with Gasteiger partial charge in [0.2, 0.25) is 0 Å².